The average molecular weight is 285 g/mol. The summed E-state index contributed by atoms with van der Waals surface area (Å²) in [5.41, 5.74) is 9.76. The van der Waals surface area contributed by atoms with Crippen LogP contribution in [0, 0.1) is 0 Å². The molecule has 0 aromatic rings. The average Bonchev–Trinajstić information content (AvgIpc) is 2.85. The van der Waals surface area contributed by atoms with Crippen molar-refractivity contribution in [2.75, 3.05) is 6.61 Å². The summed E-state index contributed by atoms with van der Waals surface area (Å²) in [6.45, 7) is 1.99. The van der Waals surface area contributed by atoms with E-state index in [1.54, 1.807) is 6.92 Å². The number of ether oxygens (including phenoxy) is 1. The first-order chi connectivity index (χ1) is 9.41. The first-order valence-electron chi connectivity index (χ1n) is 6.94. The molecule has 7 nitrogen and oxygen atoms in total. The van der Waals surface area contributed by atoms with Gasteiger partial charge in [-0.2, -0.15) is 0 Å². The molecule has 1 aliphatic carbocycles. The molecule has 0 radical (unpaired) electrons. The molecular formula is C13H23N3O4. The Morgan fingerprint density at radius 3 is 2.40 bits per heavy atom. The third-order valence-electron chi connectivity index (χ3n) is 3.52. The number of carbonyl (C=O) groups is 3. The Hall–Kier alpha value is -1.63. The SMILES string of the molecule is CCOC(=O)C1(NC(=O)[C@@H](N)CCC(N)=O)CCCC1. The molecule has 0 aromatic carbocycles. The summed E-state index contributed by atoms with van der Waals surface area (Å²) in [5, 5.41) is 2.71. The van der Waals surface area contributed by atoms with Gasteiger partial charge in [0, 0.05) is 6.42 Å². The van der Waals surface area contributed by atoms with E-state index in [1.807, 2.05) is 0 Å². The molecule has 5 N–H and O–H groups in total. The molecular weight excluding hydrogens is 262 g/mol. The van der Waals surface area contributed by atoms with Crippen LogP contribution in [-0.2, 0) is 19.1 Å². The molecule has 7 heteroatoms. The lowest BCUT2D eigenvalue weighted by Crippen LogP contribution is -2.57. The van der Waals surface area contributed by atoms with Gasteiger partial charge >= 0.3 is 5.97 Å². The van der Waals surface area contributed by atoms with Crippen LogP contribution in [0.15, 0.2) is 0 Å². The quantitative estimate of drug-likeness (QED) is 0.547. The van der Waals surface area contributed by atoms with E-state index in [9.17, 15) is 14.4 Å². The number of carbonyl (C=O) groups excluding carboxylic acids is 3. The van der Waals surface area contributed by atoms with E-state index in [2.05, 4.69) is 5.32 Å². The van der Waals surface area contributed by atoms with Crippen LogP contribution >= 0.6 is 0 Å². The predicted octanol–water partition coefficient (Wildman–Crippen LogP) is -0.429. The third-order valence-corrected chi connectivity index (χ3v) is 3.52. The molecule has 0 saturated heterocycles. The lowest BCUT2D eigenvalue weighted by atomic mass is 9.96. The van der Waals surface area contributed by atoms with E-state index in [0.29, 0.717) is 12.8 Å². The summed E-state index contributed by atoms with van der Waals surface area (Å²) in [6.07, 6.45) is 3.03. The highest BCUT2D eigenvalue weighted by Crippen LogP contribution is 2.31. The molecule has 20 heavy (non-hydrogen) atoms. The normalized spacial score (nSPS) is 18.3. The maximum atomic E-state index is 12.0. The van der Waals surface area contributed by atoms with Gasteiger partial charge in [0.2, 0.25) is 11.8 Å². The summed E-state index contributed by atoms with van der Waals surface area (Å²) >= 11 is 0. The Morgan fingerprint density at radius 2 is 1.90 bits per heavy atom. The van der Waals surface area contributed by atoms with Gasteiger partial charge in [-0.15, -0.1) is 0 Å². The van der Waals surface area contributed by atoms with Crippen LogP contribution in [0.5, 0.6) is 0 Å². The van der Waals surface area contributed by atoms with Gasteiger partial charge < -0.3 is 21.5 Å². The van der Waals surface area contributed by atoms with Gasteiger partial charge in [-0.05, 0) is 26.2 Å². The summed E-state index contributed by atoms with van der Waals surface area (Å²) in [7, 11) is 0. The Morgan fingerprint density at radius 1 is 1.30 bits per heavy atom. The maximum Gasteiger partial charge on any atom is 0.331 e. The summed E-state index contributed by atoms with van der Waals surface area (Å²) in [4.78, 5) is 34.8. The van der Waals surface area contributed by atoms with Gasteiger partial charge in [-0.3, -0.25) is 9.59 Å². The second-order valence-electron chi connectivity index (χ2n) is 5.11. The fourth-order valence-electron chi connectivity index (χ4n) is 2.39. The standard InChI is InChI=1S/C13H23N3O4/c1-2-20-12(19)13(7-3-4-8-13)16-11(18)9(14)5-6-10(15)17/h9H,2-8,14H2,1H3,(H2,15,17)(H,16,18)/t9-/m0/s1. The van der Waals surface area contributed by atoms with Crippen molar-refractivity contribution in [3.63, 3.8) is 0 Å². The molecule has 1 aliphatic rings. The minimum absolute atomic E-state index is 0.0427. The summed E-state index contributed by atoms with van der Waals surface area (Å²) in [6, 6.07) is -0.852. The second kappa shape index (κ2) is 7.23. The van der Waals surface area contributed by atoms with Crippen molar-refractivity contribution in [2.45, 2.75) is 57.0 Å². The fourth-order valence-corrected chi connectivity index (χ4v) is 2.39. The first-order valence-corrected chi connectivity index (χ1v) is 6.94. The molecule has 0 spiro atoms. The fraction of sp³-hybridized carbons (Fsp3) is 0.769. The molecule has 0 heterocycles. The first kappa shape index (κ1) is 16.4. The molecule has 1 fully saturated rings. The molecule has 0 unspecified atom stereocenters. The van der Waals surface area contributed by atoms with Crippen molar-refractivity contribution in [1.29, 1.82) is 0 Å². The van der Waals surface area contributed by atoms with Gasteiger partial charge in [0.1, 0.15) is 5.54 Å². The van der Waals surface area contributed by atoms with Crippen molar-refractivity contribution in [2.24, 2.45) is 11.5 Å². The van der Waals surface area contributed by atoms with Crippen molar-refractivity contribution in [1.82, 2.24) is 5.32 Å². The monoisotopic (exact) mass is 285 g/mol. The number of primary amides is 1. The van der Waals surface area contributed by atoms with Crippen molar-refractivity contribution >= 4 is 17.8 Å². The van der Waals surface area contributed by atoms with E-state index < -0.39 is 29.4 Å². The maximum absolute atomic E-state index is 12.0. The van der Waals surface area contributed by atoms with E-state index in [1.165, 1.54) is 0 Å². The van der Waals surface area contributed by atoms with Gasteiger partial charge in [-0.25, -0.2) is 4.79 Å². The van der Waals surface area contributed by atoms with Crippen molar-refractivity contribution in [3.8, 4) is 0 Å². The topological polar surface area (TPSA) is 125 Å². The molecule has 0 aliphatic heterocycles. The lowest BCUT2D eigenvalue weighted by Gasteiger charge is -2.29. The number of nitrogens with one attached hydrogen (secondary N) is 1. The van der Waals surface area contributed by atoms with Crippen LogP contribution in [0.1, 0.15) is 45.4 Å². The minimum atomic E-state index is -0.961. The zero-order valence-corrected chi connectivity index (χ0v) is 11.8. The molecule has 114 valence electrons. The highest BCUT2D eigenvalue weighted by Gasteiger charge is 2.44. The Balaban J connectivity index is 2.63. The molecule has 1 atom stereocenters. The van der Waals surface area contributed by atoms with Crippen LogP contribution in [0.3, 0.4) is 0 Å². The zero-order valence-electron chi connectivity index (χ0n) is 11.8. The number of nitrogens with two attached hydrogens (primary N) is 2. The van der Waals surface area contributed by atoms with Gasteiger partial charge in [0.05, 0.1) is 12.6 Å². The summed E-state index contributed by atoms with van der Waals surface area (Å²) < 4.78 is 5.04. The van der Waals surface area contributed by atoms with E-state index in [4.69, 9.17) is 16.2 Å². The van der Waals surface area contributed by atoms with Gasteiger partial charge in [0.15, 0.2) is 0 Å². The highest BCUT2D eigenvalue weighted by atomic mass is 16.5. The Kier molecular flexibility index (Phi) is 5.94. The smallest absolute Gasteiger partial charge is 0.331 e. The predicted molar refractivity (Wildman–Crippen MR) is 72.4 cm³/mol. The molecule has 0 bridgehead atoms. The molecule has 2 amide bonds. The zero-order chi connectivity index (χ0) is 15.2. The van der Waals surface area contributed by atoms with Gasteiger partial charge in [0.25, 0.3) is 0 Å². The van der Waals surface area contributed by atoms with E-state index in [-0.39, 0.29) is 19.4 Å². The largest absolute Gasteiger partial charge is 0.464 e. The van der Waals surface area contributed by atoms with E-state index in [0.717, 1.165) is 12.8 Å². The number of esters is 1. The number of hydrogen-bond donors (Lipinski definition) is 3. The van der Waals surface area contributed by atoms with Crippen LogP contribution in [0.2, 0.25) is 0 Å². The van der Waals surface area contributed by atoms with Crippen LogP contribution in [-0.4, -0.2) is 36.0 Å². The Bertz CT molecular complexity index is 378. The van der Waals surface area contributed by atoms with Crippen LogP contribution in [0.25, 0.3) is 0 Å². The number of rotatable bonds is 7. The Labute approximate surface area is 118 Å². The van der Waals surface area contributed by atoms with E-state index >= 15 is 0 Å². The van der Waals surface area contributed by atoms with Crippen LogP contribution < -0.4 is 16.8 Å². The molecule has 0 aromatic heterocycles. The second-order valence-corrected chi connectivity index (χ2v) is 5.11. The molecule has 1 saturated carbocycles. The lowest BCUT2D eigenvalue weighted by molar-refractivity contribution is -0.153. The van der Waals surface area contributed by atoms with Crippen LogP contribution in [0.4, 0.5) is 0 Å². The minimum Gasteiger partial charge on any atom is -0.464 e. The van der Waals surface area contributed by atoms with Gasteiger partial charge in [-0.1, -0.05) is 12.8 Å². The highest BCUT2D eigenvalue weighted by molar-refractivity contribution is 5.90. The number of amides is 2. The number of hydrogen-bond acceptors (Lipinski definition) is 5. The molecule has 1 rings (SSSR count). The van der Waals surface area contributed by atoms with Crippen molar-refractivity contribution in [3.05, 3.63) is 0 Å². The van der Waals surface area contributed by atoms with Crippen molar-refractivity contribution < 1.29 is 19.1 Å². The third kappa shape index (κ3) is 4.19. The summed E-state index contributed by atoms with van der Waals surface area (Å²) in [5.74, 6) is -1.36.